The number of hydrogen-bond acceptors (Lipinski definition) is 6. The molecule has 6 nitrogen and oxygen atoms in total. The van der Waals surface area contributed by atoms with E-state index < -0.39 is 0 Å². The lowest BCUT2D eigenvalue weighted by Gasteiger charge is -2.33. The maximum Gasteiger partial charge on any atom is 0.261 e. The van der Waals surface area contributed by atoms with Crippen LogP contribution < -0.4 is 0 Å². The minimum atomic E-state index is 0.00885. The molecule has 10 heteroatoms. The molecule has 2 aliphatic heterocycles. The summed E-state index contributed by atoms with van der Waals surface area (Å²) >= 11 is 7.40. The predicted molar refractivity (Wildman–Crippen MR) is 381 cm³/mol. The maximum atomic E-state index is 15.6. The second-order valence-corrected chi connectivity index (χ2v) is 30.0. The van der Waals surface area contributed by atoms with Gasteiger partial charge in [0.05, 0.1) is 63.8 Å². The van der Waals surface area contributed by atoms with E-state index in [9.17, 15) is 0 Å². The van der Waals surface area contributed by atoms with E-state index >= 15 is 9.59 Å². The van der Waals surface area contributed by atoms with Crippen LogP contribution in [-0.2, 0) is 9.59 Å². The van der Waals surface area contributed by atoms with Crippen LogP contribution in [0, 0.1) is 0 Å². The Morgan fingerprint density at radius 2 is 0.767 bits per heavy atom. The van der Waals surface area contributed by atoms with Crippen molar-refractivity contribution in [3.63, 3.8) is 0 Å². The number of aromatic nitrogens is 2. The lowest BCUT2D eigenvalue weighted by atomic mass is 9.99. The molecule has 6 aromatic heterocycles. The molecule has 86 heavy (non-hydrogen) atoms. The predicted octanol–water partition coefficient (Wildman–Crippen LogP) is 25.6. The molecule has 1 aromatic carbocycles. The van der Waals surface area contributed by atoms with E-state index in [2.05, 4.69) is 134 Å². The number of hydrogen-bond donors (Lipinski definition) is 0. The van der Waals surface area contributed by atoms with Crippen molar-refractivity contribution in [1.82, 2.24) is 18.9 Å². The molecule has 0 N–H and O–H groups in total. The molecule has 7 aromatic rings. The molecule has 0 saturated heterocycles. The summed E-state index contributed by atoms with van der Waals surface area (Å²) in [5.74, 6) is 0.0254. The fourth-order valence-corrected chi connectivity index (χ4v) is 18.8. The van der Waals surface area contributed by atoms with E-state index in [4.69, 9.17) is 0 Å². The van der Waals surface area contributed by atoms with Gasteiger partial charge in [-0.05, 0) is 105 Å². The second kappa shape index (κ2) is 33.7. The molecule has 0 bridgehead atoms. The van der Waals surface area contributed by atoms with Crippen molar-refractivity contribution < 1.29 is 9.59 Å². The average molecular weight is 1240 g/mol. The van der Waals surface area contributed by atoms with Crippen molar-refractivity contribution in [3.8, 4) is 9.75 Å². The normalized spacial score (nSPS) is 14.8. The van der Waals surface area contributed by atoms with Crippen molar-refractivity contribution in [2.24, 2.45) is 0 Å². The number of fused-ring (bicyclic) bond motifs is 7. The summed E-state index contributed by atoms with van der Waals surface area (Å²) in [6.07, 6.45) is 44.4. The summed E-state index contributed by atoms with van der Waals surface area (Å²) in [5.41, 5.74) is 8.66. The van der Waals surface area contributed by atoms with E-state index in [1.54, 1.807) is 22.7 Å². The highest BCUT2D eigenvalue weighted by molar-refractivity contribution is 7.27. The molecule has 2 unspecified atom stereocenters. The van der Waals surface area contributed by atoms with Gasteiger partial charge in [0, 0.05) is 44.7 Å². The SMILES string of the molecule is CCCCCCCCC(CCCCCCCC)n1c2cc3c4sc(-c5ccc(C6=C7C(=O)N(C(CC)CCCC)C(c8cccs8)=C7C(=O)N6C(CC)CCCC)s5)cc4n(C(CCCCCCCC)CCCCCCCC)c3cc2c2sccc21. The first kappa shape index (κ1) is 66.5. The molecular formula is C76H110N4O2S4. The van der Waals surface area contributed by atoms with E-state index in [-0.39, 0.29) is 23.9 Å². The molecule has 8 heterocycles. The topological polar surface area (TPSA) is 50.5 Å². The number of carbonyl (C=O) groups is 2. The lowest BCUT2D eigenvalue weighted by molar-refractivity contribution is -0.125. The highest BCUT2D eigenvalue weighted by atomic mass is 32.1. The van der Waals surface area contributed by atoms with Gasteiger partial charge in [-0.3, -0.25) is 9.59 Å². The highest BCUT2D eigenvalue weighted by Crippen LogP contribution is 2.53. The quantitative estimate of drug-likeness (QED) is 0.0358. The highest BCUT2D eigenvalue weighted by Gasteiger charge is 2.52. The molecule has 0 aliphatic carbocycles. The number of thiophene rings is 4. The molecule has 0 radical (unpaired) electrons. The Labute approximate surface area is 536 Å². The van der Waals surface area contributed by atoms with Gasteiger partial charge in [0.15, 0.2) is 0 Å². The first-order chi connectivity index (χ1) is 42.3. The van der Waals surface area contributed by atoms with E-state index in [1.807, 2.05) is 22.7 Å². The largest absolute Gasteiger partial charge is 0.337 e. The van der Waals surface area contributed by atoms with Gasteiger partial charge in [0.2, 0.25) is 0 Å². The third-order valence-electron chi connectivity index (χ3n) is 19.7. The average Bonchev–Trinajstić information content (AvgIpc) is 1.80. The van der Waals surface area contributed by atoms with E-state index in [0.29, 0.717) is 23.2 Å². The Morgan fingerprint density at radius 3 is 1.22 bits per heavy atom. The molecule has 0 spiro atoms. The van der Waals surface area contributed by atoms with Gasteiger partial charge < -0.3 is 18.9 Å². The third kappa shape index (κ3) is 15.1. The fourth-order valence-electron chi connectivity index (χ4n) is 14.8. The van der Waals surface area contributed by atoms with Crippen molar-refractivity contribution in [2.75, 3.05) is 0 Å². The monoisotopic (exact) mass is 1240 g/mol. The molecule has 0 fully saturated rings. The summed E-state index contributed by atoms with van der Waals surface area (Å²) in [6, 6.07) is 20.1. The second-order valence-electron chi connectivity index (χ2n) is 26.0. The fraction of sp³-hybridized carbons (Fsp3) is 0.632. The Bertz CT molecular complexity index is 3250. The standard InChI is InChI=1S/C76H110N4O2S4/c1-9-17-23-27-31-35-42-57(43-36-32-28-24-18-10-2)77-61-49-51-84-73(61)59-52-63-60(53-62(59)77)74-64(78(63)58(44-37-33-29-25-19-11-3)45-38-34-30-26-20-12-4)54-68(86-74)65-47-48-67(85-65)72-70-69(75(81)80(72)56(16-8)41-22-14-6)71(66-46-39-50-83-66)79(76(70)82)55(15-7)40-21-13-5/h39,46-58H,9-38,40-45H2,1-8H3. The Morgan fingerprint density at radius 1 is 0.349 bits per heavy atom. The Hall–Kier alpha value is -3.96. The van der Waals surface area contributed by atoms with Crippen LogP contribution in [0.1, 0.15) is 308 Å². The van der Waals surface area contributed by atoms with Crippen LogP contribution in [0.5, 0.6) is 0 Å². The van der Waals surface area contributed by atoms with Gasteiger partial charge >= 0.3 is 0 Å². The molecule has 2 aliphatic rings. The van der Waals surface area contributed by atoms with Crippen molar-refractivity contribution in [1.29, 1.82) is 0 Å². The molecule has 470 valence electrons. The first-order valence-electron chi connectivity index (χ1n) is 35.6. The minimum Gasteiger partial charge on any atom is -0.337 e. The molecule has 2 atom stereocenters. The summed E-state index contributed by atoms with van der Waals surface area (Å²) < 4.78 is 8.60. The zero-order valence-corrected chi connectivity index (χ0v) is 58.0. The van der Waals surface area contributed by atoms with Crippen molar-refractivity contribution in [3.05, 3.63) is 80.2 Å². The van der Waals surface area contributed by atoms with Crippen LogP contribution in [0.4, 0.5) is 0 Å². The smallest absolute Gasteiger partial charge is 0.261 e. The number of unbranched alkanes of at least 4 members (excludes halogenated alkanes) is 22. The van der Waals surface area contributed by atoms with Gasteiger partial charge in [-0.1, -0.05) is 241 Å². The molecule has 2 amide bonds. The molecule has 0 saturated carbocycles. The number of carbonyl (C=O) groups excluding carboxylic acids is 2. The minimum absolute atomic E-state index is 0.00885. The van der Waals surface area contributed by atoms with Gasteiger partial charge in [0.1, 0.15) is 0 Å². The van der Waals surface area contributed by atoms with Crippen LogP contribution in [0.2, 0.25) is 0 Å². The number of rotatable bonds is 43. The zero-order valence-electron chi connectivity index (χ0n) is 54.8. The van der Waals surface area contributed by atoms with Crippen LogP contribution >= 0.6 is 45.3 Å². The first-order valence-corrected chi connectivity index (χ1v) is 39.0. The third-order valence-corrected chi connectivity index (χ3v) is 23.9. The summed E-state index contributed by atoms with van der Waals surface area (Å²) in [6.45, 7) is 18.3. The maximum absolute atomic E-state index is 15.6. The zero-order chi connectivity index (χ0) is 60.4. The van der Waals surface area contributed by atoms with Gasteiger partial charge in [-0.2, -0.15) is 0 Å². The van der Waals surface area contributed by atoms with Crippen LogP contribution in [0.25, 0.3) is 63.4 Å². The number of benzene rings is 1. The molecular weight excluding hydrogens is 1130 g/mol. The van der Waals surface area contributed by atoms with Gasteiger partial charge in [0.25, 0.3) is 11.8 Å². The number of amides is 2. The van der Waals surface area contributed by atoms with Crippen molar-refractivity contribution in [2.45, 2.75) is 311 Å². The summed E-state index contributed by atoms with van der Waals surface area (Å²) in [7, 11) is 0. The van der Waals surface area contributed by atoms with Gasteiger partial charge in [-0.15, -0.1) is 45.3 Å². The van der Waals surface area contributed by atoms with Crippen molar-refractivity contribution >= 4 is 111 Å². The van der Waals surface area contributed by atoms with Crippen LogP contribution in [-0.4, -0.2) is 42.8 Å². The van der Waals surface area contributed by atoms with Gasteiger partial charge in [-0.25, -0.2) is 0 Å². The molecule has 9 rings (SSSR count). The van der Waals surface area contributed by atoms with E-state index in [0.717, 1.165) is 72.5 Å². The summed E-state index contributed by atoms with van der Waals surface area (Å²) in [5, 5.41) is 7.33. The summed E-state index contributed by atoms with van der Waals surface area (Å²) in [4.78, 5) is 39.9. The Kier molecular flexibility index (Phi) is 26.1. The van der Waals surface area contributed by atoms with E-state index in [1.165, 1.54) is 232 Å². The van der Waals surface area contributed by atoms with Crippen LogP contribution in [0.3, 0.4) is 0 Å². The number of nitrogens with zero attached hydrogens (tertiary/aromatic N) is 4. The Balaban J connectivity index is 1.20. The lowest BCUT2D eigenvalue weighted by Crippen LogP contribution is -2.39. The van der Waals surface area contributed by atoms with Crippen LogP contribution in [0.15, 0.2) is 70.4 Å².